The van der Waals surface area contributed by atoms with Crippen LogP contribution in [0.4, 0.5) is 0 Å². The Bertz CT molecular complexity index is 704. The van der Waals surface area contributed by atoms with Gasteiger partial charge in [-0.3, -0.25) is 0 Å². The van der Waals surface area contributed by atoms with Crippen LogP contribution in [-0.2, 0) is 10.0 Å². The van der Waals surface area contributed by atoms with Crippen LogP contribution in [0.15, 0.2) is 41.3 Å². The third-order valence-corrected chi connectivity index (χ3v) is 6.73. The van der Waals surface area contributed by atoms with Gasteiger partial charge in [-0.15, -0.1) is 11.3 Å². The monoisotopic (exact) mass is 309 g/mol. The summed E-state index contributed by atoms with van der Waals surface area (Å²) in [6.45, 7) is 5.76. The molecule has 1 aromatic heterocycles. The second kappa shape index (κ2) is 5.68. The topological polar surface area (TPSA) is 37.4 Å². The Balaban J connectivity index is 2.37. The SMILES string of the molecule is Cc1ccc(C(C)N(C)S(=O)(=O)c2ccccc2C)s1. The lowest BCUT2D eigenvalue weighted by Crippen LogP contribution is -2.29. The zero-order chi connectivity index (χ0) is 14.9. The van der Waals surface area contributed by atoms with E-state index in [1.165, 1.54) is 9.18 Å². The summed E-state index contributed by atoms with van der Waals surface area (Å²) in [5.74, 6) is 0. The van der Waals surface area contributed by atoms with Gasteiger partial charge in [-0.2, -0.15) is 4.31 Å². The standard InChI is InChI=1S/C15H19NO2S2/c1-11-7-5-6-8-15(11)20(17,18)16(4)13(3)14-10-9-12(2)19-14/h5-10,13H,1-4H3. The minimum absolute atomic E-state index is 0.168. The summed E-state index contributed by atoms with van der Waals surface area (Å²) in [5, 5.41) is 0. The molecule has 1 heterocycles. The molecule has 1 atom stereocenters. The molecule has 2 aromatic rings. The molecule has 0 radical (unpaired) electrons. The third kappa shape index (κ3) is 2.80. The lowest BCUT2D eigenvalue weighted by molar-refractivity contribution is 0.402. The van der Waals surface area contributed by atoms with E-state index in [2.05, 4.69) is 0 Å². The summed E-state index contributed by atoms with van der Waals surface area (Å²) in [6, 6.07) is 10.9. The van der Waals surface area contributed by atoms with Crippen LogP contribution in [0.5, 0.6) is 0 Å². The average molecular weight is 309 g/mol. The van der Waals surface area contributed by atoms with Gasteiger partial charge in [0.15, 0.2) is 0 Å². The van der Waals surface area contributed by atoms with Crippen molar-refractivity contribution >= 4 is 21.4 Å². The predicted molar refractivity (Wildman–Crippen MR) is 83.6 cm³/mol. The zero-order valence-corrected chi connectivity index (χ0v) is 13.8. The number of thiophene rings is 1. The number of rotatable bonds is 4. The van der Waals surface area contributed by atoms with Crippen LogP contribution in [0.2, 0.25) is 0 Å². The molecule has 5 heteroatoms. The van der Waals surface area contributed by atoms with Gasteiger partial charge < -0.3 is 0 Å². The molecule has 0 spiro atoms. The van der Waals surface area contributed by atoms with E-state index in [-0.39, 0.29) is 6.04 Å². The molecular formula is C15H19NO2S2. The highest BCUT2D eigenvalue weighted by molar-refractivity contribution is 7.89. The van der Waals surface area contributed by atoms with Crippen LogP contribution in [0.1, 0.15) is 28.3 Å². The van der Waals surface area contributed by atoms with Crippen LogP contribution in [0.25, 0.3) is 0 Å². The Morgan fingerprint density at radius 2 is 1.75 bits per heavy atom. The maximum atomic E-state index is 12.7. The highest BCUT2D eigenvalue weighted by Gasteiger charge is 2.27. The predicted octanol–water partition coefficient (Wildman–Crippen LogP) is 3.75. The normalized spacial score (nSPS) is 13.7. The van der Waals surface area contributed by atoms with E-state index < -0.39 is 10.0 Å². The van der Waals surface area contributed by atoms with Crippen molar-refractivity contribution in [3.05, 3.63) is 51.7 Å². The van der Waals surface area contributed by atoms with Crippen molar-refractivity contribution in [2.75, 3.05) is 7.05 Å². The van der Waals surface area contributed by atoms with Gasteiger partial charge in [0.05, 0.1) is 10.9 Å². The van der Waals surface area contributed by atoms with Gasteiger partial charge in [-0.25, -0.2) is 8.42 Å². The van der Waals surface area contributed by atoms with Gasteiger partial charge in [0.25, 0.3) is 0 Å². The molecule has 0 saturated heterocycles. The zero-order valence-electron chi connectivity index (χ0n) is 12.1. The number of hydrogen-bond acceptors (Lipinski definition) is 3. The van der Waals surface area contributed by atoms with E-state index in [0.717, 1.165) is 10.4 Å². The minimum atomic E-state index is -3.47. The van der Waals surface area contributed by atoms with Gasteiger partial charge in [0, 0.05) is 16.8 Å². The van der Waals surface area contributed by atoms with Crippen molar-refractivity contribution in [3.8, 4) is 0 Å². The van der Waals surface area contributed by atoms with Crippen molar-refractivity contribution in [2.45, 2.75) is 31.7 Å². The van der Waals surface area contributed by atoms with Crippen molar-refractivity contribution in [1.82, 2.24) is 4.31 Å². The molecule has 0 amide bonds. The molecular weight excluding hydrogens is 290 g/mol. The summed E-state index contributed by atoms with van der Waals surface area (Å²) in [7, 11) is -1.83. The first-order chi connectivity index (χ1) is 9.34. The molecule has 0 N–H and O–H groups in total. The molecule has 20 heavy (non-hydrogen) atoms. The fraction of sp³-hybridized carbons (Fsp3) is 0.333. The largest absolute Gasteiger partial charge is 0.243 e. The van der Waals surface area contributed by atoms with Crippen LogP contribution < -0.4 is 0 Å². The highest BCUT2D eigenvalue weighted by Crippen LogP contribution is 2.30. The molecule has 0 fully saturated rings. The molecule has 1 unspecified atom stereocenters. The molecule has 0 aliphatic heterocycles. The first-order valence-corrected chi connectivity index (χ1v) is 8.69. The molecule has 3 nitrogen and oxygen atoms in total. The summed E-state index contributed by atoms with van der Waals surface area (Å²) in [4.78, 5) is 2.62. The number of hydrogen-bond donors (Lipinski definition) is 0. The Kier molecular flexibility index (Phi) is 4.32. The number of aryl methyl sites for hydroxylation is 2. The summed E-state index contributed by atoms with van der Waals surface area (Å²) in [6.07, 6.45) is 0. The van der Waals surface area contributed by atoms with Crippen LogP contribution in [-0.4, -0.2) is 19.8 Å². The van der Waals surface area contributed by atoms with Gasteiger partial charge in [0.1, 0.15) is 0 Å². The molecule has 0 bridgehead atoms. The lowest BCUT2D eigenvalue weighted by Gasteiger charge is -2.24. The van der Waals surface area contributed by atoms with Gasteiger partial charge in [-0.05, 0) is 44.5 Å². The number of nitrogens with zero attached hydrogens (tertiary/aromatic N) is 1. The van der Waals surface area contributed by atoms with Crippen LogP contribution in [0.3, 0.4) is 0 Å². The number of benzene rings is 1. The molecule has 0 saturated carbocycles. The Morgan fingerprint density at radius 3 is 2.30 bits per heavy atom. The van der Waals surface area contributed by atoms with E-state index in [1.807, 2.05) is 45.0 Å². The van der Waals surface area contributed by atoms with Crippen molar-refractivity contribution in [2.24, 2.45) is 0 Å². The van der Waals surface area contributed by atoms with E-state index in [4.69, 9.17) is 0 Å². The fourth-order valence-corrected chi connectivity index (χ4v) is 4.67. The molecule has 1 aromatic carbocycles. The van der Waals surface area contributed by atoms with E-state index in [9.17, 15) is 8.42 Å². The van der Waals surface area contributed by atoms with Gasteiger partial charge >= 0.3 is 0 Å². The lowest BCUT2D eigenvalue weighted by atomic mass is 10.2. The second-order valence-corrected chi connectivity index (χ2v) is 8.20. The van der Waals surface area contributed by atoms with Gasteiger partial charge in [-0.1, -0.05) is 18.2 Å². The fourth-order valence-electron chi connectivity index (χ4n) is 2.07. The van der Waals surface area contributed by atoms with Crippen molar-refractivity contribution < 1.29 is 8.42 Å². The Morgan fingerprint density at radius 1 is 1.10 bits per heavy atom. The minimum Gasteiger partial charge on any atom is -0.207 e. The highest BCUT2D eigenvalue weighted by atomic mass is 32.2. The van der Waals surface area contributed by atoms with Gasteiger partial charge in [0.2, 0.25) is 10.0 Å². The third-order valence-electron chi connectivity index (χ3n) is 3.47. The molecule has 2 rings (SSSR count). The van der Waals surface area contributed by atoms with E-state index >= 15 is 0 Å². The Hall–Kier alpha value is -1.17. The van der Waals surface area contributed by atoms with E-state index in [1.54, 1.807) is 30.5 Å². The summed E-state index contributed by atoms with van der Waals surface area (Å²) < 4.78 is 26.9. The second-order valence-electron chi connectivity index (χ2n) is 4.91. The van der Waals surface area contributed by atoms with Crippen LogP contribution in [0, 0.1) is 13.8 Å². The smallest absolute Gasteiger partial charge is 0.207 e. The molecule has 0 aliphatic carbocycles. The first kappa shape index (κ1) is 15.2. The van der Waals surface area contributed by atoms with E-state index in [0.29, 0.717) is 4.90 Å². The summed E-state index contributed by atoms with van der Waals surface area (Å²) >= 11 is 1.63. The average Bonchev–Trinajstić information content (AvgIpc) is 2.84. The van der Waals surface area contributed by atoms with Crippen LogP contribution >= 0.6 is 11.3 Å². The van der Waals surface area contributed by atoms with Crippen molar-refractivity contribution in [3.63, 3.8) is 0 Å². The molecule has 0 aliphatic rings. The quantitative estimate of drug-likeness (QED) is 0.862. The molecule has 108 valence electrons. The first-order valence-electron chi connectivity index (χ1n) is 6.44. The maximum absolute atomic E-state index is 12.7. The number of sulfonamides is 1. The summed E-state index contributed by atoms with van der Waals surface area (Å²) in [5.41, 5.74) is 0.772. The van der Waals surface area contributed by atoms with Crippen molar-refractivity contribution in [1.29, 1.82) is 0 Å². The maximum Gasteiger partial charge on any atom is 0.243 e. The Labute approximate surface area is 124 Å².